The monoisotopic (exact) mass is 378 g/mol. The minimum Gasteiger partial charge on any atom is -0.400 e. The number of hydrogen-bond acceptors (Lipinski definition) is 7. The standard InChI is InChI=1S/C17H22N4O4.CH4O/c1-9-10-6-7-21(13(10)20-8-19-9)15-12-17(4,25-16(2,3)24-12)11(23-15)14(22)18-5;1-2/h6-8,11-12,15H,1-5H3,(H,18,22);2H,1H3/t11-,12+,15-,17-;/m1./s1. The molecule has 2 aromatic rings. The minimum atomic E-state index is -0.896. The van der Waals surface area contributed by atoms with Crippen LogP contribution in [0.2, 0.25) is 0 Å². The van der Waals surface area contributed by atoms with Gasteiger partial charge in [0.15, 0.2) is 18.1 Å². The Balaban J connectivity index is 0.00000102. The summed E-state index contributed by atoms with van der Waals surface area (Å²) in [7, 11) is 2.58. The molecule has 0 saturated carbocycles. The van der Waals surface area contributed by atoms with E-state index in [2.05, 4.69) is 15.3 Å². The van der Waals surface area contributed by atoms with Gasteiger partial charge >= 0.3 is 0 Å². The lowest BCUT2D eigenvalue weighted by Crippen LogP contribution is -2.50. The highest BCUT2D eigenvalue weighted by molar-refractivity contribution is 5.83. The van der Waals surface area contributed by atoms with Crippen molar-refractivity contribution in [2.45, 2.75) is 57.5 Å². The maximum atomic E-state index is 12.4. The summed E-state index contributed by atoms with van der Waals surface area (Å²) < 4.78 is 20.2. The van der Waals surface area contributed by atoms with Crippen LogP contribution in [0.3, 0.4) is 0 Å². The SMILES string of the molecule is CNC(=O)[C@H]1O[C@@H](n2ccc3c(C)ncnc32)[C@@H]2OC(C)(C)O[C@]12C.CO. The topological polar surface area (TPSA) is 108 Å². The van der Waals surface area contributed by atoms with Gasteiger partial charge < -0.3 is 29.2 Å². The highest BCUT2D eigenvalue weighted by Crippen LogP contribution is 2.50. The molecule has 0 radical (unpaired) electrons. The van der Waals surface area contributed by atoms with E-state index in [4.69, 9.17) is 19.3 Å². The Kier molecular flexibility index (Phi) is 4.98. The molecule has 0 spiro atoms. The number of likely N-dealkylation sites (N-methyl/N-ethyl adjacent to an activating group) is 1. The first-order chi connectivity index (χ1) is 12.8. The van der Waals surface area contributed by atoms with Crippen LogP contribution in [-0.4, -0.2) is 63.3 Å². The van der Waals surface area contributed by atoms with Gasteiger partial charge in [0.25, 0.3) is 5.91 Å². The maximum absolute atomic E-state index is 12.4. The Labute approximate surface area is 157 Å². The Bertz CT molecular complexity index is 851. The first kappa shape index (κ1) is 19.7. The summed E-state index contributed by atoms with van der Waals surface area (Å²) in [6.45, 7) is 7.47. The lowest BCUT2D eigenvalue weighted by molar-refractivity contribution is -0.210. The fourth-order valence-corrected chi connectivity index (χ4v) is 3.89. The van der Waals surface area contributed by atoms with Crippen molar-refractivity contribution in [2.75, 3.05) is 14.2 Å². The maximum Gasteiger partial charge on any atom is 0.252 e. The molecule has 2 aliphatic heterocycles. The fraction of sp³-hybridized carbons (Fsp3) is 0.611. The number of aliphatic hydroxyl groups excluding tert-OH is 1. The Morgan fingerprint density at radius 1 is 1.30 bits per heavy atom. The lowest BCUT2D eigenvalue weighted by Gasteiger charge is -2.28. The van der Waals surface area contributed by atoms with Gasteiger partial charge in [-0.15, -0.1) is 0 Å². The van der Waals surface area contributed by atoms with Gasteiger partial charge in [-0.25, -0.2) is 9.97 Å². The van der Waals surface area contributed by atoms with Crippen molar-refractivity contribution in [1.29, 1.82) is 0 Å². The molecular weight excluding hydrogens is 352 g/mol. The highest BCUT2D eigenvalue weighted by Gasteiger charge is 2.66. The summed E-state index contributed by atoms with van der Waals surface area (Å²) in [5.74, 6) is -1.04. The van der Waals surface area contributed by atoms with Gasteiger partial charge in [0.05, 0.1) is 5.69 Å². The Hall–Kier alpha value is -2.07. The molecule has 0 unspecified atom stereocenters. The second kappa shape index (κ2) is 6.83. The summed E-state index contributed by atoms with van der Waals surface area (Å²) in [5.41, 5.74) is 0.731. The molecule has 0 aliphatic carbocycles. The minimum absolute atomic E-state index is 0.237. The average molecular weight is 378 g/mol. The predicted molar refractivity (Wildman–Crippen MR) is 96.8 cm³/mol. The van der Waals surface area contributed by atoms with E-state index in [1.54, 1.807) is 7.05 Å². The number of aryl methyl sites for hydroxylation is 1. The van der Waals surface area contributed by atoms with Crippen LogP contribution in [0.15, 0.2) is 18.6 Å². The van der Waals surface area contributed by atoms with Crippen molar-refractivity contribution < 1.29 is 24.1 Å². The van der Waals surface area contributed by atoms with Gasteiger partial charge in [0, 0.05) is 25.7 Å². The fourth-order valence-electron chi connectivity index (χ4n) is 3.89. The number of nitrogens with zero attached hydrogens (tertiary/aromatic N) is 3. The van der Waals surface area contributed by atoms with Gasteiger partial charge in [0.2, 0.25) is 0 Å². The normalized spacial score (nSPS) is 31.3. The van der Waals surface area contributed by atoms with E-state index in [0.717, 1.165) is 23.8 Å². The van der Waals surface area contributed by atoms with Gasteiger partial charge in [-0.3, -0.25) is 4.79 Å². The van der Waals surface area contributed by atoms with E-state index in [9.17, 15) is 4.79 Å². The van der Waals surface area contributed by atoms with Crippen LogP contribution in [-0.2, 0) is 19.0 Å². The van der Waals surface area contributed by atoms with Gasteiger partial charge in [-0.2, -0.15) is 0 Å². The van der Waals surface area contributed by atoms with Crippen molar-refractivity contribution in [2.24, 2.45) is 0 Å². The van der Waals surface area contributed by atoms with Crippen LogP contribution in [0.1, 0.15) is 32.7 Å². The summed E-state index contributed by atoms with van der Waals surface area (Å²) in [5, 5.41) is 10.6. The molecule has 2 N–H and O–H groups in total. The van der Waals surface area contributed by atoms with Crippen LogP contribution >= 0.6 is 0 Å². The molecule has 27 heavy (non-hydrogen) atoms. The van der Waals surface area contributed by atoms with Crippen molar-refractivity contribution in [1.82, 2.24) is 19.9 Å². The van der Waals surface area contributed by atoms with Crippen molar-refractivity contribution in [3.05, 3.63) is 24.3 Å². The number of rotatable bonds is 2. The molecule has 1 amide bonds. The summed E-state index contributed by atoms with van der Waals surface area (Å²) in [6, 6.07) is 1.94. The molecule has 148 valence electrons. The van der Waals surface area contributed by atoms with Gasteiger partial charge in [0.1, 0.15) is 23.7 Å². The van der Waals surface area contributed by atoms with Gasteiger partial charge in [-0.1, -0.05) is 0 Å². The van der Waals surface area contributed by atoms with Crippen LogP contribution in [0.25, 0.3) is 11.0 Å². The molecule has 4 rings (SSSR count). The number of amides is 1. The zero-order valence-electron chi connectivity index (χ0n) is 16.4. The van der Waals surface area contributed by atoms with Crippen molar-refractivity contribution >= 4 is 16.9 Å². The van der Waals surface area contributed by atoms with Crippen molar-refractivity contribution in [3.63, 3.8) is 0 Å². The second-order valence-corrected chi connectivity index (χ2v) is 7.16. The predicted octanol–water partition coefficient (Wildman–Crippen LogP) is 0.902. The van der Waals surface area contributed by atoms with E-state index in [0.29, 0.717) is 0 Å². The Morgan fingerprint density at radius 2 is 2.00 bits per heavy atom. The van der Waals surface area contributed by atoms with Crippen LogP contribution in [0.4, 0.5) is 0 Å². The lowest BCUT2D eigenvalue weighted by atomic mass is 9.94. The third-order valence-electron chi connectivity index (χ3n) is 4.96. The summed E-state index contributed by atoms with van der Waals surface area (Å²) >= 11 is 0. The first-order valence-electron chi connectivity index (χ1n) is 8.75. The number of carbonyl (C=O) groups is 1. The zero-order chi connectivity index (χ0) is 20.0. The molecule has 4 atom stereocenters. The van der Waals surface area contributed by atoms with Crippen LogP contribution in [0, 0.1) is 6.92 Å². The van der Waals surface area contributed by atoms with E-state index in [1.165, 1.54) is 6.33 Å². The first-order valence-corrected chi connectivity index (χ1v) is 8.75. The Morgan fingerprint density at radius 3 is 2.67 bits per heavy atom. The summed E-state index contributed by atoms with van der Waals surface area (Å²) in [4.78, 5) is 21.0. The van der Waals surface area contributed by atoms with Crippen LogP contribution < -0.4 is 5.32 Å². The number of carbonyl (C=O) groups excluding carboxylic acids is 1. The molecule has 2 fully saturated rings. The molecule has 0 aromatic carbocycles. The number of fused-ring (bicyclic) bond motifs is 2. The van der Waals surface area contributed by atoms with E-state index in [1.807, 2.05) is 44.5 Å². The van der Waals surface area contributed by atoms with Crippen molar-refractivity contribution in [3.8, 4) is 0 Å². The molecule has 2 aliphatic rings. The van der Waals surface area contributed by atoms with Gasteiger partial charge in [-0.05, 0) is 33.8 Å². The van der Waals surface area contributed by atoms with E-state index >= 15 is 0 Å². The third-order valence-corrected chi connectivity index (χ3v) is 4.96. The molecule has 0 bridgehead atoms. The zero-order valence-corrected chi connectivity index (χ0v) is 16.4. The molecular formula is C18H26N4O5. The molecule has 4 heterocycles. The molecule has 2 aromatic heterocycles. The number of aliphatic hydroxyl groups is 1. The number of nitrogens with one attached hydrogen (secondary N) is 1. The largest absolute Gasteiger partial charge is 0.400 e. The van der Waals surface area contributed by atoms with Crippen LogP contribution in [0.5, 0.6) is 0 Å². The highest BCUT2D eigenvalue weighted by atomic mass is 16.8. The smallest absolute Gasteiger partial charge is 0.252 e. The molecule has 2 saturated heterocycles. The molecule has 9 heteroatoms. The molecule has 9 nitrogen and oxygen atoms in total. The summed E-state index contributed by atoms with van der Waals surface area (Å²) in [6.07, 6.45) is 1.65. The van der Waals surface area contributed by atoms with E-state index < -0.39 is 29.8 Å². The number of ether oxygens (including phenoxy) is 3. The second-order valence-electron chi connectivity index (χ2n) is 7.16. The number of hydrogen-bond donors (Lipinski definition) is 2. The van der Waals surface area contributed by atoms with E-state index in [-0.39, 0.29) is 5.91 Å². The average Bonchev–Trinajstić information content (AvgIpc) is 3.24. The number of aromatic nitrogens is 3. The third kappa shape index (κ3) is 3.00. The quantitative estimate of drug-likeness (QED) is 0.799.